The van der Waals surface area contributed by atoms with Gasteiger partial charge in [-0.05, 0) is 49.4 Å². The Morgan fingerprint density at radius 3 is 2.75 bits per heavy atom. The smallest absolute Gasteiger partial charge is 0.188 e. The summed E-state index contributed by atoms with van der Waals surface area (Å²) in [5.74, 6) is 1.23. The first-order valence-electron chi connectivity index (χ1n) is 7.27. The van der Waals surface area contributed by atoms with E-state index in [0.29, 0.717) is 17.9 Å². The lowest BCUT2D eigenvalue weighted by atomic mass is 10.1. The van der Waals surface area contributed by atoms with Gasteiger partial charge in [-0.3, -0.25) is 4.99 Å². The normalized spacial score (nSPS) is 23.1. The summed E-state index contributed by atoms with van der Waals surface area (Å²) < 4.78 is 1.13. The molecule has 3 rings (SSSR count). The van der Waals surface area contributed by atoms with Crippen LogP contribution in [0.4, 0.5) is 5.69 Å². The van der Waals surface area contributed by atoms with E-state index in [0.717, 1.165) is 24.1 Å². The molecule has 4 nitrogen and oxygen atoms in total. The van der Waals surface area contributed by atoms with Crippen LogP contribution in [0, 0.1) is 5.92 Å². The number of benzene rings is 1. The number of rotatable bonds is 4. The van der Waals surface area contributed by atoms with Crippen LogP contribution >= 0.6 is 15.9 Å². The standard InChI is InChI=1S/C15H21BrN4/c16-12-1-5-14(6-2-12)20-8-7-11(10-20)9-18-15(17)19-13-3-4-13/h1-2,5-6,11,13H,3-4,7-10H2,(H3,17,18,19). The van der Waals surface area contributed by atoms with E-state index in [-0.39, 0.29) is 0 Å². The van der Waals surface area contributed by atoms with Gasteiger partial charge in [-0.25, -0.2) is 0 Å². The number of nitrogens with one attached hydrogen (secondary N) is 1. The first kappa shape index (κ1) is 13.7. The number of nitrogens with two attached hydrogens (primary N) is 1. The molecule has 0 radical (unpaired) electrons. The van der Waals surface area contributed by atoms with E-state index < -0.39 is 0 Å². The molecule has 0 spiro atoms. The molecule has 1 heterocycles. The quantitative estimate of drug-likeness (QED) is 0.655. The van der Waals surface area contributed by atoms with Gasteiger partial charge in [-0.15, -0.1) is 0 Å². The second kappa shape index (κ2) is 6.04. The predicted octanol–water partition coefficient (Wildman–Crippen LogP) is 2.34. The van der Waals surface area contributed by atoms with Crippen molar-refractivity contribution in [1.29, 1.82) is 0 Å². The Morgan fingerprint density at radius 1 is 1.30 bits per heavy atom. The van der Waals surface area contributed by atoms with Crippen LogP contribution in [0.25, 0.3) is 0 Å². The number of nitrogens with zero attached hydrogens (tertiary/aromatic N) is 2. The summed E-state index contributed by atoms with van der Waals surface area (Å²) in [4.78, 5) is 6.91. The van der Waals surface area contributed by atoms with E-state index in [4.69, 9.17) is 5.73 Å². The van der Waals surface area contributed by atoms with Gasteiger partial charge in [0.25, 0.3) is 0 Å². The lowest BCUT2D eigenvalue weighted by Gasteiger charge is -2.18. The summed E-state index contributed by atoms with van der Waals surface area (Å²) in [7, 11) is 0. The van der Waals surface area contributed by atoms with Crippen LogP contribution in [0.5, 0.6) is 0 Å². The van der Waals surface area contributed by atoms with Crippen LogP contribution in [0.15, 0.2) is 33.7 Å². The molecule has 1 aliphatic carbocycles. The first-order chi connectivity index (χ1) is 9.70. The Morgan fingerprint density at radius 2 is 2.05 bits per heavy atom. The Kier molecular flexibility index (Phi) is 4.15. The Hall–Kier alpha value is -1.23. The zero-order valence-corrected chi connectivity index (χ0v) is 13.1. The van der Waals surface area contributed by atoms with Gasteiger partial charge in [0.1, 0.15) is 0 Å². The maximum Gasteiger partial charge on any atom is 0.188 e. The van der Waals surface area contributed by atoms with Crippen molar-refractivity contribution in [3.8, 4) is 0 Å². The van der Waals surface area contributed by atoms with E-state index in [1.807, 2.05) is 0 Å². The maximum absolute atomic E-state index is 5.88. The number of aliphatic imine (C=N–C) groups is 1. The minimum atomic E-state index is 0.585. The number of hydrogen-bond acceptors (Lipinski definition) is 2. The van der Waals surface area contributed by atoms with E-state index >= 15 is 0 Å². The largest absolute Gasteiger partial charge is 0.371 e. The van der Waals surface area contributed by atoms with Crippen LogP contribution in [0.2, 0.25) is 0 Å². The molecule has 0 bridgehead atoms. The van der Waals surface area contributed by atoms with Crippen molar-refractivity contribution in [2.75, 3.05) is 24.5 Å². The third-order valence-electron chi connectivity index (χ3n) is 3.93. The van der Waals surface area contributed by atoms with Crippen molar-refractivity contribution in [2.24, 2.45) is 16.6 Å². The fourth-order valence-electron chi connectivity index (χ4n) is 2.58. The number of hydrogen-bond donors (Lipinski definition) is 2. The Labute approximate surface area is 128 Å². The van der Waals surface area contributed by atoms with Gasteiger partial charge in [0, 0.05) is 35.8 Å². The second-order valence-corrected chi connectivity index (χ2v) is 6.64. The van der Waals surface area contributed by atoms with Crippen LogP contribution in [0.3, 0.4) is 0 Å². The van der Waals surface area contributed by atoms with Crippen LogP contribution in [-0.4, -0.2) is 31.6 Å². The fraction of sp³-hybridized carbons (Fsp3) is 0.533. The van der Waals surface area contributed by atoms with Crippen molar-refractivity contribution in [1.82, 2.24) is 5.32 Å². The van der Waals surface area contributed by atoms with Crippen molar-refractivity contribution in [2.45, 2.75) is 25.3 Å². The van der Waals surface area contributed by atoms with Crippen molar-refractivity contribution in [3.63, 3.8) is 0 Å². The summed E-state index contributed by atoms with van der Waals surface area (Å²) in [5.41, 5.74) is 7.17. The minimum absolute atomic E-state index is 0.585. The molecular formula is C15H21BrN4. The number of anilines is 1. The minimum Gasteiger partial charge on any atom is -0.371 e. The average Bonchev–Trinajstić information content (AvgIpc) is 3.12. The summed E-state index contributed by atoms with van der Waals surface area (Å²) in [6, 6.07) is 9.11. The van der Waals surface area contributed by atoms with Crippen LogP contribution in [0.1, 0.15) is 19.3 Å². The molecule has 1 saturated heterocycles. The molecule has 1 saturated carbocycles. The SMILES string of the molecule is NC(=NCC1CCN(c2ccc(Br)cc2)C1)NC1CC1. The van der Waals surface area contributed by atoms with Crippen LogP contribution < -0.4 is 16.0 Å². The number of halogens is 1. The zero-order valence-electron chi connectivity index (χ0n) is 11.6. The second-order valence-electron chi connectivity index (χ2n) is 5.72. The van der Waals surface area contributed by atoms with E-state index in [2.05, 4.69) is 55.4 Å². The molecular weight excluding hydrogens is 316 g/mol. The number of guanidine groups is 1. The summed E-state index contributed by atoms with van der Waals surface area (Å²) in [6.07, 6.45) is 3.66. The maximum atomic E-state index is 5.88. The molecule has 2 aliphatic rings. The van der Waals surface area contributed by atoms with E-state index in [1.54, 1.807) is 0 Å². The molecule has 108 valence electrons. The van der Waals surface area contributed by atoms with Gasteiger partial charge >= 0.3 is 0 Å². The highest BCUT2D eigenvalue weighted by molar-refractivity contribution is 9.10. The van der Waals surface area contributed by atoms with Crippen LogP contribution in [-0.2, 0) is 0 Å². The van der Waals surface area contributed by atoms with Crippen molar-refractivity contribution in [3.05, 3.63) is 28.7 Å². The molecule has 0 amide bonds. The van der Waals surface area contributed by atoms with Gasteiger partial charge in [-0.1, -0.05) is 15.9 Å². The highest BCUT2D eigenvalue weighted by Gasteiger charge is 2.24. The topological polar surface area (TPSA) is 53.6 Å². The zero-order chi connectivity index (χ0) is 13.9. The van der Waals surface area contributed by atoms with Gasteiger partial charge < -0.3 is 16.0 Å². The van der Waals surface area contributed by atoms with Gasteiger partial charge in [-0.2, -0.15) is 0 Å². The highest BCUT2D eigenvalue weighted by Crippen LogP contribution is 2.25. The molecule has 1 aromatic carbocycles. The van der Waals surface area contributed by atoms with Gasteiger partial charge in [0.2, 0.25) is 0 Å². The Bertz CT molecular complexity index is 481. The molecule has 1 aliphatic heterocycles. The predicted molar refractivity (Wildman–Crippen MR) is 87.1 cm³/mol. The van der Waals surface area contributed by atoms with Gasteiger partial charge in [0.15, 0.2) is 5.96 Å². The van der Waals surface area contributed by atoms with Crippen molar-refractivity contribution < 1.29 is 0 Å². The highest BCUT2D eigenvalue weighted by atomic mass is 79.9. The monoisotopic (exact) mass is 336 g/mol. The summed E-state index contributed by atoms with van der Waals surface area (Å²) >= 11 is 3.47. The van der Waals surface area contributed by atoms with E-state index in [1.165, 1.54) is 24.9 Å². The molecule has 3 N–H and O–H groups in total. The molecule has 1 unspecified atom stereocenters. The molecule has 5 heteroatoms. The lowest BCUT2D eigenvalue weighted by molar-refractivity contribution is 0.601. The first-order valence-corrected chi connectivity index (χ1v) is 8.07. The lowest BCUT2D eigenvalue weighted by Crippen LogP contribution is -2.34. The molecule has 20 heavy (non-hydrogen) atoms. The average molecular weight is 337 g/mol. The molecule has 1 aromatic rings. The summed E-state index contributed by atoms with van der Waals surface area (Å²) in [5, 5.41) is 3.24. The molecule has 0 aromatic heterocycles. The van der Waals surface area contributed by atoms with E-state index in [9.17, 15) is 0 Å². The molecule has 1 atom stereocenters. The summed E-state index contributed by atoms with van der Waals surface area (Å²) in [6.45, 7) is 3.01. The van der Waals surface area contributed by atoms with Crippen molar-refractivity contribution >= 4 is 27.6 Å². The third kappa shape index (κ3) is 3.66. The fourth-order valence-corrected chi connectivity index (χ4v) is 2.84. The molecule has 2 fully saturated rings. The third-order valence-corrected chi connectivity index (χ3v) is 4.46. The Balaban J connectivity index is 1.50. The van der Waals surface area contributed by atoms with Gasteiger partial charge in [0.05, 0.1) is 0 Å².